The van der Waals surface area contributed by atoms with Crippen LogP contribution < -0.4 is 0 Å². The molecule has 2 heterocycles. The summed E-state index contributed by atoms with van der Waals surface area (Å²) in [6, 6.07) is 0. The summed E-state index contributed by atoms with van der Waals surface area (Å²) < 4.78 is 4.55. The molecular formula is C8H12N4S. The highest BCUT2D eigenvalue weighted by atomic mass is 32.1. The number of aromatic amines is 1. The van der Waals surface area contributed by atoms with Gasteiger partial charge in [-0.3, -0.25) is 4.68 Å². The molecule has 2 aromatic heterocycles. The summed E-state index contributed by atoms with van der Waals surface area (Å²) in [6.45, 7) is 2.09. The Labute approximate surface area is 81.2 Å². The molecule has 0 saturated carbocycles. The average Bonchev–Trinajstić information content (AvgIpc) is 2.54. The fourth-order valence-corrected chi connectivity index (χ4v) is 1.81. The van der Waals surface area contributed by atoms with Crippen molar-refractivity contribution in [3.05, 3.63) is 10.5 Å². The third-order valence-electron chi connectivity index (χ3n) is 2.28. The number of nitrogens with one attached hydrogen (secondary N) is 1. The van der Waals surface area contributed by atoms with Gasteiger partial charge in [-0.25, -0.2) is 0 Å². The van der Waals surface area contributed by atoms with Crippen molar-refractivity contribution in [3.8, 4) is 0 Å². The van der Waals surface area contributed by atoms with Crippen LogP contribution in [0.3, 0.4) is 0 Å². The zero-order valence-electron chi connectivity index (χ0n) is 7.96. The fraction of sp³-hybridized carbons (Fsp3) is 0.500. The van der Waals surface area contributed by atoms with Gasteiger partial charge in [0.1, 0.15) is 5.52 Å². The molecule has 0 aromatic carbocycles. The second-order valence-electron chi connectivity index (χ2n) is 3.11. The zero-order valence-corrected chi connectivity index (χ0v) is 8.77. The van der Waals surface area contributed by atoms with Crippen LogP contribution in [0.15, 0.2) is 0 Å². The standard InChI is InChI=1S/C8H12N4S/c1-4-5-6-7(12(3)10-5)11(2)8(13)9-6/h4H2,1-3H3,(H,9,13). The van der Waals surface area contributed by atoms with Crippen LogP contribution >= 0.6 is 12.2 Å². The Bertz CT molecular complexity index is 502. The molecule has 70 valence electrons. The van der Waals surface area contributed by atoms with Crippen molar-refractivity contribution in [2.45, 2.75) is 13.3 Å². The highest BCUT2D eigenvalue weighted by Crippen LogP contribution is 2.16. The zero-order chi connectivity index (χ0) is 9.59. The summed E-state index contributed by atoms with van der Waals surface area (Å²) in [5, 5.41) is 4.39. The van der Waals surface area contributed by atoms with Crippen molar-refractivity contribution in [3.63, 3.8) is 0 Å². The Balaban J connectivity index is 2.95. The number of rotatable bonds is 1. The molecule has 13 heavy (non-hydrogen) atoms. The summed E-state index contributed by atoms with van der Waals surface area (Å²) in [4.78, 5) is 3.16. The van der Waals surface area contributed by atoms with Crippen molar-refractivity contribution in [1.82, 2.24) is 19.3 Å². The minimum Gasteiger partial charge on any atom is -0.328 e. The summed E-state index contributed by atoms with van der Waals surface area (Å²) in [7, 11) is 3.88. The lowest BCUT2D eigenvalue weighted by Gasteiger charge is -1.93. The van der Waals surface area contributed by atoms with Gasteiger partial charge in [-0.15, -0.1) is 0 Å². The summed E-state index contributed by atoms with van der Waals surface area (Å²) >= 11 is 5.14. The molecule has 0 bridgehead atoms. The molecule has 0 aliphatic carbocycles. The highest BCUT2D eigenvalue weighted by Gasteiger charge is 2.11. The lowest BCUT2D eigenvalue weighted by Crippen LogP contribution is -1.97. The van der Waals surface area contributed by atoms with E-state index in [0.717, 1.165) is 28.0 Å². The molecule has 0 aliphatic heterocycles. The van der Waals surface area contributed by atoms with Gasteiger partial charge in [-0.2, -0.15) is 5.10 Å². The molecule has 0 atom stereocenters. The molecule has 1 N–H and O–H groups in total. The number of fused-ring (bicyclic) bond motifs is 1. The summed E-state index contributed by atoms with van der Waals surface area (Å²) in [6.07, 6.45) is 0.923. The van der Waals surface area contributed by atoms with Crippen molar-refractivity contribution < 1.29 is 0 Å². The molecule has 0 saturated heterocycles. The van der Waals surface area contributed by atoms with Gasteiger partial charge in [0.25, 0.3) is 0 Å². The van der Waals surface area contributed by atoms with Crippen molar-refractivity contribution in [2.24, 2.45) is 14.1 Å². The van der Waals surface area contributed by atoms with E-state index in [9.17, 15) is 0 Å². The molecule has 2 aromatic rings. The minimum atomic E-state index is 0.748. The normalized spacial score (nSPS) is 11.3. The Morgan fingerprint density at radius 2 is 2.15 bits per heavy atom. The predicted molar refractivity (Wildman–Crippen MR) is 54.2 cm³/mol. The molecule has 0 aliphatic rings. The van der Waals surface area contributed by atoms with Gasteiger partial charge in [0.05, 0.1) is 5.69 Å². The van der Waals surface area contributed by atoms with Crippen LogP contribution in [0.1, 0.15) is 12.6 Å². The minimum absolute atomic E-state index is 0.748. The predicted octanol–water partition coefficient (Wildman–Crippen LogP) is 1.53. The number of nitrogens with zero attached hydrogens (tertiary/aromatic N) is 3. The largest absolute Gasteiger partial charge is 0.328 e. The number of hydrogen-bond donors (Lipinski definition) is 1. The quantitative estimate of drug-likeness (QED) is 0.702. The number of aryl methyl sites for hydroxylation is 3. The monoisotopic (exact) mass is 196 g/mol. The molecule has 0 spiro atoms. The van der Waals surface area contributed by atoms with Crippen LogP contribution in [0.2, 0.25) is 0 Å². The Hall–Kier alpha value is -1.10. The van der Waals surface area contributed by atoms with E-state index in [1.807, 2.05) is 23.3 Å². The lowest BCUT2D eigenvalue weighted by molar-refractivity contribution is 0.733. The first-order valence-corrected chi connectivity index (χ1v) is 4.66. The van der Waals surface area contributed by atoms with Crippen LogP contribution in [0, 0.1) is 4.77 Å². The van der Waals surface area contributed by atoms with Gasteiger partial charge in [-0.05, 0) is 18.6 Å². The van der Waals surface area contributed by atoms with Crippen molar-refractivity contribution >= 4 is 23.4 Å². The molecule has 0 unspecified atom stereocenters. The maximum atomic E-state index is 5.14. The number of hydrogen-bond acceptors (Lipinski definition) is 2. The third-order valence-corrected chi connectivity index (χ3v) is 2.65. The Kier molecular flexibility index (Phi) is 1.76. The maximum absolute atomic E-state index is 5.14. The average molecular weight is 196 g/mol. The van der Waals surface area contributed by atoms with Crippen LogP contribution in [-0.2, 0) is 20.5 Å². The second-order valence-corrected chi connectivity index (χ2v) is 3.50. The summed E-state index contributed by atoms with van der Waals surface area (Å²) in [5.74, 6) is 0. The van der Waals surface area contributed by atoms with E-state index in [2.05, 4.69) is 17.0 Å². The van der Waals surface area contributed by atoms with Crippen LogP contribution in [0.4, 0.5) is 0 Å². The third kappa shape index (κ3) is 1.03. The second kappa shape index (κ2) is 2.70. The SMILES string of the molecule is CCc1nn(C)c2c1[nH]c(=S)n2C. The molecule has 0 amide bonds. The van der Waals surface area contributed by atoms with E-state index in [1.54, 1.807) is 0 Å². The van der Waals surface area contributed by atoms with Crippen molar-refractivity contribution in [1.29, 1.82) is 0 Å². The molecule has 4 nitrogen and oxygen atoms in total. The van der Waals surface area contributed by atoms with E-state index >= 15 is 0 Å². The van der Waals surface area contributed by atoms with E-state index < -0.39 is 0 Å². The summed E-state index contributed by atoms with van der Waals surface area (Å²) in [5.41, 5.74) is 3.20. The van der Waals surface area contributed by atoms with E-state index in [0.29, 0.717) is 0 Å². The number of imidazole rings is 1. The van der Waals surface area contributed by atoms with Crippen LogP contribution in [0.5, 0.6) is 0 Å². The van der Waals surface area contributed by atoms with Crippen LogP contribution in [0.25, 0.3) is 11.2 Å². The molecular weight excluding hydrogens is 184 g/mol. The number of aromatic nitrogens is 4. The van der Waals surface area contributed by atoms with E-state index in [1.165, 1.54) is 0 Å². The van der Waals surface area contributed by atoms with E-state index in [-0.39, 0.29) is 0 Å². The van der Waals surface area contributed by atoms with Crippen LogP contribution in [-0.4, -0.2) is 19.3 Å². The van der Waals surface area contributed by atoms with Gasteiger partial charge in [0, 0.05) is 14.1 Å². The highest BCUT2D eigenvalue weighted by molar-refractivity contribution is 7.71. The van der Waals surface area contributed by atoms with Gasteiger partial charge >= 0.3 is 0 Å². The fourth-order valence-electron chi connectivity index (χ4n) is 1.62. The van der Waals surface area contributed by atoms with E-state index in [4.69, 9.17) is 12.2 Å². The lowest BCUT2D eigenvalue weighted by atomic mass is 10.3. The molecule has 0 fully saturated rings. The smallest absolute Gasteiger partial charge is 0.179 e. The molecule has 2 rings (SSSR count). The van der Waals surface area contributed by atoms with Gasteiger partial charge in [0.15, 0.2) is 10.4 Å². The van der Waals surface area contributed by atoms with Crippen molar-refractivity contribution in [2.75, 3.05) is 0 Å². The van der Waals surface area contributed by atoms with Gasteiger partial charge in [0.2, 0.25) is 0 Å². The first kappa shape index (κ1) is 8.50. The Morgan fingerprint density at radius 1 is 1.46 bits per heavy atom. The maximum Gasteiger partial charge on any atom is 0.179 e. The van der Waals surface area contributed by atoms with Gasteiger partial charge in [-0.1, -0.05) is 6.92 Å². The molecule has 5 heteroatoms. The Morgan fingerprint density at radius 3 is 2.77 bits per heavy atom. The van der Waals surface area contributed by atoms with Gasteiger partial charge < -0.3 is 9.55 Å². The first-order valence-electron chi connectivity index (χ1n) is 4.25. The first-order chi connectivity index (χ1) is 6.15. The molecule has 0 radical (unpaired) electrons. The number of H-pyrrole nitrogens is 1. The topological polar surface area (TPSA) is 38.5 Å².